The summed E-state index contributed by atoms with van der Waals surface area (Å²) < 4.78 is 1.12. The number of carboxylic acids is 1. The second-order valence-corrected chi connectivity index (χ2v) is 5.52. The van der Waals surface area contributed by atoms with Crippen LogP contribution < -0.4 is 0 Å². The van der Waals surface area contributed by atoms with Crippen LogP contribution in [0, 0.1) is 11.3 Å². The Balaban J connectivity index is 4.04. The average molecular weight is 298 g/mol. The van der Waals surface area contributed by atoms with Gasteiger partial charge in [0.25, 0.3) is 0 Å². The summed E-state index contributed by atoms with van der Waals surface area (Å²) in [5, 5.41) is 9.01. The second kappa shape index (κ2) is 5.83. The number of aliphatic carboxylic acids is 1. The number of hydrogen-bond donors (Lipinski definition) is 1. The molecular weight excluding hydrogens is 279 g/mol. The molecule has 1 N–H and O–H groups in total. The van der Waals surface area contributed by atoms with Crippen molar-refractivity contribution in [1.29, 1.82) is 0 Å². The number of unbranched alkanes of at least 4 members (excludes halogenated alkanes) is 1. The van der Waals surface area contributed by atoms with E-state index in [9.17, 15) is 4.79 Å². The molecule has 0 aromatic heterocycles. The van der Waals surface area contributed by atoms with E-state index >= 15 is 0 Å². The molecule has 0 fully saturated rings. The van der Waals surface area contributed by atoms with Crippen molar-refractivity contribution in [2.45, 2.75) is 40.0 Å². The fraction of sp³-hybridized carbons (Fsp3) is 0.900. The Morgan fingerprint density at radius 3 is 2.23 bits per heavy atom. The van der Waals surface area contributed by atoms with Gasteiger partial charge in [-0.25, -0.2) is 0 Å². The smallest absolute Gasteiger partial charge is 0.307 e. The Morgan fingerprint density at radius 2 is 1.92 bits per heavy atom. The molecule has 0 saturated heterocycles. The molecule has 0 aromatic rings. The van der Waals surface area contributed by atoms with E-state index in [0.717, 1.165) is 23.7 Å². The minimum absolute atomic E-state index is 0.114. The van der Waals surface area contributed by atoms with Crippen LogP contribution in [0.5, 0.6) is 0 Å². The topological polar surface area (TPSA) is 37.3 Å². The number of rotatable bonds is 5. The molecule has 0 aliphatic carbocycles. The van der Waals surface area contributed by atoms with Gasteiger partial charge in [-0.2, -0.15) is 0 Å². The molecule has 0 heterocycles. The molecule has 0 spiro atoms. The Morgan fingerprint density at radius 1 is 1.38 bits per heavy atom. The Bertz CT molecular complexity index is 161. The summed E-state index contributed by atoms with van der Waals surface area (Å²) in [6, 6.07) is 0. The van der Waals surface area contributed by atoms with Gasteiger partial charge in [0.05, 0.1) is 5.92 Å². The normalized spacial score (nSPS) is 14.2. The molecule has 78 valence electrons. The molecule has 1 unspecified atom stereocenters. The maximum absolute atomic E-state index is 10.9. The lowest BCUT2D eigenvalue weighted by atomic mass is 9.78. The van der Waals surface area contributed by atoms with Crippen LogP contribution in [0.2, 0.25) is 0 Å². The van der Waals surface area contributed by atoms with Crippen molar-refractivity contribution in [1.82, 2.24) is 0 Å². The van der Waals surface area contributed by atoms with E-state index in [4.69, 9.17) is 5.11 Å². The standard InChI is InChI=1S/C10H19IO2/c1-10(2,3)8(9(12)13)6-4-5-7-11/h8H,4-7H2,1-3H3,(H,12,13). The molecule has 0 aliphatic heterocycles. The first-order chi connectivity index (χ1) is 5.89. The molecule has 0 aliphatic rings. The fourth-order valence-corrected chi connectivity index (χ4v) is 1.91. The monoisotopic (exact) mass is 298 g/mol. The molecule has 0 saturated carbocycles. The Hall–Kier alpha value is 0.200. The lowest BCUT2D eigenvalue weighted by Crippen LogP contribution is -2.28. The number of carbonyl (C=O) groups is 1. The van der Waals surface area contributed by atoms with E-state index in [1.165, 1.54) is 0 Å². The number of halogens is 1. The minimum Gasteiger partial charge on any atom is -0.481 e. The molecule has 1 atom stereocenters. The third-order valence-electron chi connectivity index (χ3n) is 2.22. The third kappa shape index (κ3) is 5.49. The maximum Gasteiger partial charge on any atom is 0.307 e. The number of carboxylic acid groups (broad SMARTS) is 1. The van der Waals surface area contributed by atoms with Gasteiger partial charge in [0, 0.05) is 0 Å². The van der Waals surface area contributed by atoms with Gasteiger partial charge in [-0.1, -0.05) is 49.8 Å². The van der Waals surface area contributed by atoms with Crippen LogP contribution in [0.25, 0.3) is 0 Å². The summed E-state index contributed by atoms with van der Waals surface area (Å²) in [4.78, 5) is 10.9. The van der Waals surface area contributed by atoms with E-state index in [0.29, 0.717) is 0 Å². The molecule has 3 heteroatoms. The van der Waals surface area contributed by atoms with Crippen LogP contribution in [0.1, 0.15) is 40.0 Å². The van der Waals surface area contributed by atoms with Gasteiger partial charge >= 0.3 is 5.97 Å². The zero-order valence-electron chi connectivity index (χ0n) is 8.64. The largest absolute Gasteiger partial charge is 0.481 e. The highest BCUT2D eigenvalue weighted by molar-refractivity contribution is 14.1. The summed E-state index contributed by atoms with van der Waals surface area (Å²) in [5.41, 5.74) is -0.114. The van der Waals surface area contributed by atoms with Crippen molar-refractivity contribution in [3.8, 4) is 0 Å². The van der Waals surface area contributed by atoms with Crippen LogP contribution in [-0.4, -0.2) is 15.5 Å². The highest BCUT2D eigenvalue weighted by atomic mass is 127. The van der Waals surface area contributed by atoms with Crippen LogP contribution in [0.3, 0.4) is 0 Å². The minimum atomic E-state index is -0.652. The van der Waals surface area contributed by atoms with Crippen molar-refractivity contribution in [2.75, 3.05) is 4.43 Å². The quantitative estimate of drug-likeness (QED) is 0.480. The van der Waals surface area contributed by atoms with Crippen molar-refractivity contribution in [2.24, 2.45) is 11.3 Å². The highest BCUT2D eigenvalue weighted by Crippen LogP contribution is 2.30. The molecule has 0 bridgehead atoms. The summed E-state index contributed by atoms with van der Waals surface area (Å²) in [6.45, 7) is 5.99. The van der Waals surface area contributed by atoms with Crippen LogP contribution in [0.15, 0.2) is 0 Å². The summed E-state index contributed by atoms with van der Waals surface area (Å²) in [5.74, 6) is -0.851. The average Bonchev–Trinajstić information content (AvgIpc) is 1.94. The second-order valence-electron chi connectivity index (χ2n) is 4.44. The van der Waals surface area contributed by atoms with E-state index in [2.05, 4.69) is 22.6 Å². The third-order valence-corrected chi connectivity index (χ3v) is 2.98. The molecule has 0 aromatic carbocycles. The predicted molar refractivity (Wildman–Crippen MR) is 63.3 cm³/mol. The summed E-state index contributed by atoms with van der Waals surface area (Å²) >= 11 is 2.33. The first kappa shape index (κ1) is 13.2. The summed E-state index contributed by atoms with van der Waals surface area (Å²) in [6.07, 6.45) is 2.96. The van der Waals surface area contributed by atoms with Gasteiger partial charge in [0.15, 0.2) is 0 Å². The van der Waals surface area contributed by atoms with Crippen LogP contribution in [0.4, 0.5) is 0 Å². The van der Waals surface area contributed by atoms with Gasteiger partial charge in [0.1, 0.15) is 0 Å². The maximum atomic E-state index is 10.9. The molecule has 0 rings (SSSR count). The van der Waals surface area contributed by atoms with Gasteiger partial charge in [-0.3, -0.25) is 4.79 Å². The lowest BCUT2D eigenvalue weighted by Gasteiger charge is -2.26. The number of hydrogen-bond acceptors (Lipinski definition) is 1. The molecule has 0 amide bonds. The van der Waals surface area contributed by atoms with Crippen molar-refractivity contribution in [3.05, 3.63) is 0 Å². The lowest BCUT2D eigenvalue weighted by molar-refractivity contribution is -0.145. The van der Waals surface area contributed by atoms with E-state index in [1.54, 1.807) is 0 Å². The van der Waals surface area contributed by atoms with E-state index in [-0.39, 0.29) is 11.3 Å². The van der Waals surface area contributed by atoms with E-state index < -0.39 is 5.97 Å². The summed E-state index contributed by atoms with van der Waals surface area (Å²) in [7, 11) is 0. The van der Waals surface area contributed by atoms with Crippen LogP contribution >= 0.6 is 22.6 Å². The Kier molecular flexibility index (Phi) is 5.92. The Labute approximate surface area is 94.2 Å². The van der Waals surface area contributed by atoms with Gasteiger partial charge in [-0.05, 0) is 22.7 Å². The number of alkyl halides is 1. The first-order valence-electron chi connectivity index (χ1n) is 4.68. The highest BCUT2D eigenvalue weighted by Gasteiger charge is 2.30. The zero-order chi connectivity index (χ0) is 10.5. The van der Waals surface area contributed by atoms with Gasteiger partial charge in [0.2, 0.25) is 0 Å². The van der Waals surface area contributed by atoms with Crippen LogP contribution in [-0.2, 0) is 4.79 Å². The van der Waals surface area contributed by atoms with Crippen molar-refractivity contribution >= 4 is 28.6 Å². The predicted octanol–water partition coefficient (Wildman–Crippen LogP) is 3.34. The first-order valence-corrected chi connectivity index (χ1v) is 6.21. The zero-order valence-corrected chi connectivity index (χ0v) is 10.8. The van der Waals surface area contributed by atoms with E-state index in [1.807, 2.05) is 20.8 Å². The van der Waals surface area contributed by atoms with Gasteiger partial charge < -0.3 is 5.11 Å². The fourth-order valence-electron chi connectivity index (χ4n) is 1.37. The van der Waals surface area contributed by atoms with Crippen molar-refractivity contribution in [3.63, 3.8) is 0 Å². The molecule has 0 radical (unpaired) electrons. The van der Waals surface area contributed by atoms with Crippen molar-refractivity contribution < 1.29 is 9.90 Å². The van der Waals surface area contributed by atoms with Gasteiger partial charge in [-0.15, -0.1) is 0 Å². The molecular formula is C10H19IO2. The SMILES string of the molecule is CC(C)(C)C(CCCCI)C(=O)O. The molecule has 13 heavy (non-hydrogen) atoms. The molecule has 2 nitrogen and oxygen atoms in total.